The molecule has 0 unspecified atom stereocenters. The second-order valence-electron chi connectivity index (χ2n) is 7.20. The molecule has 6 nitrogen and oxygen atoms in total. The number of nitrogens with one attached hydrogen (secondary N) is 2. The van der Waals surface area contributed by atoms with E-state index in [4.69, 9.17) is 4.74 Å². The highest BCUT2D eigenvalue weighted by Gasteiger charge is 2.25. The van der Waals surface area contributed by atoms with E-state index < -0.39 is 11.8 Å². The Morgan fingerprint density at radius 3 is 2.53 bits per heavy atom. The van der Waals surface area contributed by atoms with Gasteiger partial charge in [0.2, 0.25) is 0 Å². The van der Waals surface area contributed by atoms with Crippen LogP contribution in [0.4, 0.5) is 0 Å². The van der Waals surface area contributed by atoms with Gasteiger partial charge in [-0.15, -0.1) is 11.3 Å². The molecule has 7 heteroatoms. The molecule has 0 spiro atoms. The maximum atomic E-state index is 12.4. The lowest BCUT2D eigenvalue weighted by atomic mass is 9.97. The summed E-state index contributed by atoms with van der Waals surface area (Å²) < 4.78 is 5.51. The third kappa shape index (κ3) is 4.87. The van der Waals surface area contributed by atoms with Crippen molar-refractivity contribution >= 4 is 33.9 Å². The van der Waals surface area contributed by atoms with E-state index in [2.05, 4.69) is 39.8 Å². The fourth-order valence-electron chi connectivity index (χ4n) is 3.80. The summed E-state index contributed by atoms with van der Waals surface area (Å²) in [5.41, 5.74) is 1.15. The molecule has 2 heterocycles. The molecule has 4 rings (SSSR count). The van der Waals surface area contributed by atoms with Crippen molar-refractivity contribution in [1.82, 2.24) is 15.5 Å². The van der Waals surface area contributed by atoms with Crippen molar-refractivity contribution in [3.05, 3.63) is 70.4 Å². The lowest BCUT2D eigenvalue weighted by Gasteiger charge is -2.35. The predicted molar refractivity (Wildman–Crippen MR) is 118 cm³/mol. The van der Waals surface area contributed by atoms with Gasteiger partial charge in [-0.2, -0.15) is 0 Å². The molecule has 1 aliphatic rings. The number of hydrogen-bond acceptors (Lipinski definition) is 5. The van der Waals surface area contributed by atoms with Gasteiger partial charge >= 0.3 is 11.8 Å². The first-order valence-electron chi connectivity index (χ1n) is 10.1. The van der Waals surface area contributed by atoms with Crippen LogP contribution in [0.2, 0.25) is 0 Å². The largest absolute Gasteiger partial charge is 0.379 e. The molecule has 0 aliphatic carbocycles. The number of ether oxygens (including phenoxy) is 1. The number of thiophene rings is 1. The average molecular weight is 424 g/mol. The maximum Gasteiger partial charge on any atom is 0.309 e. The number of carbonyl (C=O) groups is 2. The Kier molecular flexibility index (Phi) is 6.74. The van der Waals surface area contributed by atoms with E-state index in [9.17, 15) is 9.59 Å². The van der Waals surface area contributed by atoms with Crippen LogP contribution in [0, 0.1) is 0 Å². The van der Waals surface area contributed by atoms with E-state index >= 15 is 0 Å². The van der Waals surface area contributed by atoms with Gasteiger partial charge in [0.1, 0.15) is 0 Å². The molecule has 2 amide bonds. The molecule has 0 radical (unpaired) electrons. The van der Waals surface area contributed by atoms with Crippen LogP contribution in [-0.4, -0.2) is 49.6 Å². The SMILES string of the molecule is O=C(NCc1cccs1)C(=O)NC[C@H](c1cccc2ccccc12)N1CCOCC1. The Labute approximate surface area is 179 Å². The standard InChI is InChI=1S/C23H25N3O3S/c27-22(24-15-18-7-4-14-30-18)23(28)25-16-21(26-10-12-29-13-11-26)20-9-3-6-17-5-1-2-8-19(17)20/h1-9,14,21H,10-13,15-16H2,(H,24,27)(H,25,28)/t21-/m1/s1. The topological polar surface area (TPSA) is 70.7 Å². The third-order valence-corrected chi connectivity index (χ3v) is 6.21. The lowest BCUT2D eigenvalue weighted by Crippen LogP contribution is -2.46. The summed E-state index contributed by atoms with van der Waals surface area (Å²) in [6, 6.07) is 18.3. The van der Waals surface area contributed by atoms with Crippen molar-refractivity contribution in [2.24, 2.45) is 0 Å². The Hall–Kier alpha value is -2.74. The van der Waals surface area contributed by atoms with Gasteiger partial charge in [-0.1, -0.05) is 48.5 Å². The summed E-state index contributed by atoms with van der Waals surface area (Å²) in [4.78, 5) is 28.0. The molecule has 1 fully saturated rings. The fraction of sp³-hybridized carbons (Fsp3) is 0.304. The van der Waals surface area contributed by atoms with Crippen molar-refractivity contribution in [2.45, 2.75) is 12.6 Å². The zero-order valence-corrected chi connectivity index (χ0v) is 17.5. The number of amides is 2. The van der Waals surface area contributed by atoms with E-state index in [1.54, 1.807) is 11.3 Å². The second-order valence-corrected chi connectivity index (χ2v) is 8.24. The first-order valence-corrected chi connectivity index (χ1v) is 11.0. The summed E-state index contributed by atoms with van der Waals surface area (Å²) in [7, 11) is 0. The molecule has 1 aromatic heterocycles. The molecule has 0 bridgehead atoms. The Balaban J connectivity index is 1.47. The highest BCUT2D eigenvalue weighted by atomic mass is 32.1. The van der Waals surface area contributed by atoms with Gasteiger partial charge in [0.25, 0.3) is 0 Å². The number of carbonyl (C=O) groups excluding carboxylic acids is 2. The second kappa shape index (κ2) is 9.84. The number of hydrogen-bond donors (Lipinski definition) is 2. The smallest absolute Gasteiger partial charge is 0.309 e. The van der Waals surface area contributed by atoms with E-state index in [1.165, 1.54) is 0 Å². The summed E-state index contributed by atoms with van der Waals surface area (Å²) in [5.74, 6) is -1.22. The van der Waals surface area contributed by atoms with Crippen molar-refractivity contribution < 1.29 is 14.3 Å². The van der Waals surface area contributed by atoms with Gasteiger partial charge in [-0.3, -0.25) is 14.5 Å². The molecule has 1 aliphatic heterocycles. The molecular formula is C23H25N3O3S. The van der Waals surface area contributed by atoms with E-state index in [0.29, 0.717) is 26.3 Å². The zero-order valence-electron chi connectivity index (χ0n) is 16.7. The first kappa shape index (κ1) is 20.5. The van der Waals surface area contributed by atoms with E-state index in [1.807, 2.05) is 35.7 Å². The summed E-state index contributed by atoms with van der Waals surface area (Å²) >= 11 is 1.55. The minimum Gasteiger partial charge on any atom is -0.379 e. The van der Waals surface area contributed by atoms with Gasteiger partial charge in [-0.25, -0.2) is 0 Å². The monoisotopic (exact) mass is 423 g/mol. The molecule has 30 heavy (non-hydrogen) atoms. The molecule has 1 saturated heterocycles. The van der Waals surface area contributed by atoms with Gasteiger partial charge in [0.05, 0.1) is 25.8 Å². The number of rotatable bonds is 6. The summed E-state index contributed by atoms with van der Waals surface area (Å²) in [6.45, 7) is 3.62. The average Bonchev–Trinajstić information content (AvgIpc) is 3.32. The molecule has 2 N–H and O–H groups in total. The van der Waals surface area contributed by atoms with E-state index in [-0.39, 0.29) is 6.04 Å². The highest BCUT2D eigenvalue weighted by molar-refractivity contribution is 7.09. The van der Waals surface area contributed by atoms with Crippen molar-refractivity contribution in [1.29, 1.82) is 0 Å². The predicted octanol–water partition coefficient (Wildman–Crippen LogP) is 2.71. The molecule has 3 aromatic rings. The van der Waals surface area contributed by atoms with Crippen LogP contribution in [0.3, 0.4) is 0 Å². The van der Waals surface area contributed by atoms with Crippen molar-refractivity contribution in [3.8, 4) is 0 Å². The summed E-state index contributed by atoms with van der Waals surface area (Å²) in [5, 5.41) is 9.79. The molecule has 1 atom stereocenters. The molecule has 2 aromatic carbocycles. The van der Waals surface area contributed by atoms with E-state index in [0.717, 1.165) is 34.3 Å². The van der Waals surface area contributed by atoms with Crippen molar-refractivity contribution in [2.75, 3.05) is 32.8 Å². The maximum absolute atomic E-state index is 12.4. The highest BCUT2D eigenvalue weighted by Crippen LogP contribution is 2.28. The zero-order chi connectivity index (χ0) is 20.8. The normalized spacial score (nSPS) is 15.6. The molecule has 156 valence electrons. The van der Waals surface area contributed by atoms with Gasteiger partial charge in [-0.05, 0) is 27.8 Å². The van der Waals surface area contributed by atoms with Gasteiger partial charge in [0.15, 0.2) is 0 Å². The van der Waals surface area contributed by atoms with Crippen LogP contribution >= 0.6 is 11.3 Å². The Morgan fingerprint density at radius 1 is 0.967 bits per heavy atom. The number of fused-ring (bicyclic) bond motifs is 1. The molecular weight excluding hydrogens is 398 g/mol. The van der Waals surface area contributed by atoms with Gasteiger partial charge in [0, 0.05) is 24.5 Å². The minimum absolute atomic E-state index is 0.0333. The summed E-state index contributed by atoms with van der Waals surface area (Å²) in [6.07, 6.45) is 0. The lowest BCUT2D eigenvalue weighted by molar-refractivity contribution is -0.139. The Bertz CT molecular complexity index is 995. The van der Waals surface area contributed by atoms with Gasteiger partial charge < -0.3 is 15.4 Å². The van der Waals surface area contributed by atoms with Crippen LogP contribution in [0.25, 0.3) is 10.8 Å². The van der Waals surface area contributed by atoms with Crippen LogP contribution in [0.5, 0.6) is 0 Å². The van der Waals surface area contributed by atoms with Crippen LogP contribution in [-0.2, 0) is 20.9 Å². The fourth-order valence-corrected chi connectivity index (χ4v) is 4.44. The Morgan fingerprint density at radius 2 is 1.73 bits per heavy atom. The molecule has 0 saturated carbocycles. The minimum atomic E-state index is -0.609. The van der Waals surface area contributed by atoms with Crippen LogP contribution in [0.15, 0.2) is 60.0 Å². The first-order chi connectivity index (χ1) is 14.7. The van der Waals surface area contributed by atoms with Crippen LogP contribution < -0.4 is 10.6 Å². The van der Waals surface area contributed by atoms with Crippen LogP contribution in [0.1, 0.15) is 16.5 Å². The quantitative estimate of drug-likeness (QED) is 0.598. The number of morpholine rings is 1. The van der Waals surface area contributed by atoms with Crippen molar-refractivity contribution in [3.63, 3.8) is 0 Å². The third-order valence-electron chi connectivity index (χ3n) is 5.33. The number of nitrogens with zero attached hydrogens (tertiary/aromatic N) is 1. The number of benzene rings is 2.